The molecule has 3 saturated heterocycles. The van der Waals surface area contributed by atoms with Gasteiger partial charge in [0.05, 0.1) is 0 Å². The van der Waals surface area contributed by atoms with Crippen molar-refractivity contribution >= 4 is 5.97 Å². The zero-order chi connectivity index (χ0) is 10.8. The Labute approximate surface area is 86.1 Å². The summed E-state index contributed by atoms with van der Waals surface area (Å²) in [6.45, 7) is 3.52. The standard InChI is InChI=1S/C9H12O6/c1-9(2)14-6-5-4(13-8(6)15-9)3(10)7(11)12-5/h3-6,8,10H,1-2H3/t3-,4+,5-,6?,8?/m0/s1. The molecule has 0 saturated carbocycles. The van der Waals surface area contributed by atoms with Gasteiger partial charge in [0.15, 0.2) is 30.4 Å². The Morgan fingerprint density at radius 2 is 1.93 bits per heavy atom. The van der Waals surface area contributed by atoms with Crippen molar-refractivity contribution in [2.75, 3.05) is 0 Å². The quantitative estimate of drug-likeness (QED) is 0.532. The van der Waals surface area contributed by atoms with Crippen molar-refractivity contribution in [3.8, 4) is 0 Å². The van der Waals surface area contributed by atoms with E-state index in [-0.39, 0.29) is 0 Å². The third kappa shape index (κ3) is 1.22. The first-order chi connectivity index (χ1) is 6.98. The molecular weight excluding hydrogens is 204 g/mol. The highest BCUT2D eigenvalue weighted by Gasteiger charge is 2.62. The monoisotopic (exact) mass is 216 g/mol. The van der Waals surface area contributed by atoms with E-state index in [4.69, 9.17) is 18.9 Å². The van der Waals surface area contributed by atoms with Crippen molar-refractivity contribution in [2.45, 2.75) is 50.3 Å². The summed E-state index contributed by atoms with van der Waals surface area (Å²) >= 11 is 0. The molecule has 3 rings (SSSR count). The number of ether oxygens (including phenoxy) is 4. The van der Waals surface area contributed by atoms with E-state index in [1.54, 1.807) is 13.8 Å². The van der Waals surface area contributed by atoms with Gasteiger partial charge in [0.25, 0.3) is 0 Å². The highest BCUT2D eigenvalue weighted by atomic mass is 16.8. The van der Waals surface area contributed by atoms with E-state index in [0.29, 0.717) is 0 Å². The van der Waals surface area contributed by atoms with Crippen LogP contribution in [-0.4, -0.2) is 47.6 Å². The number of hydrogen-bond acceptors (Lipinski definition) is 6. The molecule has 0 aromatic heterocycles. The minimum absolute atomic E-state index is 0.439. The van der Waals surface area contributed by atoms with Crippen LogP contribution in [0.1, 0.15) is 13.8 Å². The van der Waals surface area contributed by atoms with E-state index in [1.165, 1.54) is 0 Å². The number of rotatable bonds is 0. The van der Waals surface area contributed by atoms with Gasteiger partial charge in [-0.2, -0.15) is 0 Å². The molecule has 84 valence electrons. The second-order valence-electron chi connectivity index (χ2n) is 4.42. The highest BCUT2D eigenvalue weighted by Crippen LogP contribution is 2.42. The van der Waals surface area contributed by atoms with Gasteiger partial charge >= 0.3 is 5.97 Å². The molecule has 0 aromatic rings. The van der Waals surface area contributed by atoms with Gasteiger partial charge in [0.1, 0.15) is 6.10 Å². The minimum atomic E-state index is -1.23. The van der Waals surface area contributed by atoms with Crippen molar-refractivity contribution in [2.24, 2.45) is 0 Å². The number of carbonyl (C=O) groups is 1. The summed E-state index contributed by atoms with van der Waals surface area (Å²) in [6, 6.07) is 0. The molecule has 6 heteroatoms. The van der Waals surface area contributed by atoms with E-state index < -0.39 is 42.5 Å². The molecular formula is C9H12O6. The fourth-order valence-electron chi connectivity index (χ4n) is 2.23. The van der Waals surface area contributed by atoms with E-state index in [0.717, 1.165) is 0 Å². The summed E-state index contributed by atoms with van der Waals surface area (Å²) in [4.78, 5) is 11.1. The largest absolute Gasteiger partial charge is 0.454 e. The fourth-order valence-corrected chi connectivity index (χ4v) is 2.23. The van der Waals surface area contributed by atoms with Gasteiger partial charge in [-0.05, 0) is 13.8 Å². The van der Waals surface area contributed by atoms with Crippen LogP contribution in [0.25, 0.3) is 0 Å². The van der Waals surface area contributed by atoms with E-state index >= 15 is 0 Å². The molecule has 5 atom stereocenters. The summed E-state index contributed by atoms with van der Waals surface area (Å²) in [5.41, 5.74) is 0. The SMILES string of the molecule is CC1(C)OC2O[C@@H]3[C@H](O)C(=O)O[C@@H]3C2O1. The molecule has 1 N–H and O–H groups in total. The maximum Gasteiger partial charge on any atom is 0.338 e. The van der Waals surface area contributed by atoms with Crippen molar-refractivity contribution in [3.05, 3.63) is 0 Å². The molecule has 0 aromatic carbocycles. The van der Waals surface area contributed by atoms with Crippen LogP contribution in [0.2, 0.25) is 0 Å². The van der Waals surface area contributed by atoms with Gasteiger partial charge in [0.2, 0.25) is 0 Å². The number of carbonyl (C=O) groups excluding carboxylic acids is 1. The Kier molecular flexibility index (Phi) is 1.72. The Bertz CT molecular complexity index is 314. The molecule has 3 heterocycles. The minimum Gasteiger partial charge on any atom is -0.454 e. The maximum absolute atomic E-state index is 11.1. The second-order valence-corrected chi connectivity index (χ2v) is 4.42. The summed E-state index contributed by atoms with van der Waals surface area (Å²) in [6.07, 6.45) is -3.44. The third-order valence-corrected chi connectivity index (χ3v) is 2.83. The Balaban J connectivity index is 1.83. The van der Waals surface area contributed by atoms with E-state index in [2.05, 4.69) is 0 Å². The van der Waals surface area contributed by atoms with Crippen LogP contribution >= 0.6 is 0 Å². The normalized spacial score (nSPS) is 51.4. The second kappa shape index (κ2) is 2.70. The van der Waals surface area contributed by atoms with Crippen molar-refractivity contribution in [1.29, 1.82) is 0 Å². The highest BCUT2D eigenvalue weighted by molar-refractivity contribution is 5.78. The topological polar surface area (TPSA) is 74.2 Å². The predicted molar refractivity (Wildman–Crippen MR) is 44.6 cm³/mol. The fraction of sp³-hybridized carbons (Fsp3) is 0.889. The van der Waals surface area contributed by atoms with Gasteiger partial charge < -0.3 is 24.1 Å². The van der Waals surface area contributed by atoms with Gasteiger partial charge in [-0.3, -0.25) is 0 Å². The number of fused-ring (bicyclic) bond motifs is 3. The molecule has 6 nitrogen and oxygen atoms in total. The predicted octanol–water partition coefficient (Wildman–Crippen LogP) is -0.851. The van der Waals surface area contributed by atoms with Crippen LogP contribution in [0.4, 0.5) is 0 Å². The molecule has 0 amide bonds. The summed E-state index contributed by atoms with van der Waals surface area (Å²) in [7, 11) is 0. The van der Waals surface area contributed by atoms with Crippen LogP contribution in [0.15, 0.2) is 0 Å². The molecule has 0 radical (unpaired) electrons. The number of hydrogen-bond donors (Lipinski definition) is 1. The molecule has 3 aliphatic heterocycles. The molecule has 0 bridgehead atoms. The average Bonchev–Trinajstić information content (AvgIpc) is 2.66. The number of aliphatic hydroxyl groups excluding tert-OH is 1. The van der Waals surface area contributed by atoms with Crippen molar-refractivity contribution < 1.29 is 28.8 Å². The Morgan fingerprint density at radius 3 is 2.67 bits per heavy atom. The first-order valence-corrected chi connectivity index (χ1v) is 4.88. The van der Waals surface area contributed by atoms with Gasteiger partial charge in [-0.15, -0.1) is 0 Å². The lowest BCUT2D eigenvalue weighted by molar-refractivity contribution is -0.214. The van der Waals surface area contributed by atoms with Crippen molar-refractivity contribution in [3.63, 3.8) is 0 Å². The molecule has 15 heavy (non-hydrogen) atoms. The first-order valence-electron chi connectivity index (χ1n) is 4.88. The van der Waals surface area contributed by atoms with Crippen LogP contribution in [-0.2, 0) is 23.7 Å². The summed E-state index contributed by atoms with van der Waals surface area (Å²) in [5.74, 6) is -1.39. The molecule has 0 aliphatic carbocycles. The maximum atomic E-state index is 11.1. The molecule has 3 fully saturated rings. The van der Waals surface area contributed by atoms with Crippen LogP contribution in [0.5, 0.6) is 0 Å². The Hall–Kier alpha value is -0.690. The lowest BCUT2D eigenvalue weighted by Crippen LogP contribution is -2.35. The van der Waals surface area contributed by atoms with Crippen molar-refractivity contribution in [1.82, 2.24) is 0 Å². The summed E-state index contributed by atoms with van der Waals surface area (Å²) in [5, 5.41) is 9.44. The van der Waals surface area contributed by atoms with E-state index in [1.807, 2.05) is 0 Å². The Morgan fingerprint density at radius 1 is 1.20 bits per heavy atom. The zero-order valence-electron chi connectivity index (χ0n) is 8.38. The van der Waals surface area contributed by atoms with Gasteiger partial charge in [-0.25, -0.2) is 4.79 Å². The molecule has 0 spiro atoms. The molecule has 2 unspecified atom stereocenters. The van der Waals surface area contributed by atoms with Crippen LogP contribution in [0, 0.1) is 0 Å². The third-order valence-electron chi connectivity index (χ3n) is 2.83. The van der Waals surface area contributed by atoms with E-state index in [9.17, 15) is 9.90 Å². The smallest absolute Gasteiger partial charge is 0.338 e. The van der Waals surface area contributed by atoms with Crippen LogP contribution in [0.3, 0.4) is 0 Å². The number of aliphatic hydroxyl groups is 1. The first kappa shape index (κ1) is 9.53. The zero-order valence-corrected chi connectivity index (χ0v) is 8.38. The lowest BCUT2D eigenvalue weighted by atomic mass is 10.1. The molecule has 3 aliphatic rings. The van der Waals surface area contributed by atoms with Gasteiger partial charge in [-0.1, -0.05) is 0 Å². The average molecular weight is 216 g/mol. The number of esters is 1. The summed E-state index contributed by atoms with van der Waals surface area (Å²) < 4.78 is 21.4. The van der Waals surface area contributed by atoms with Gasteiger partial charge in [0, 0.05) is 0 Å². The lowest BCUT2D eigenvalue weighted by Gasteiger charge is -2.20. The van der Waals surface area contributed by atoms with Crippen LogP contribution < -0.4 is 0 Å².